The van der Waals surface area contributed by atoms with Crippen LogP contribution in [0.3, 0.4) is 0 Å². The van der Waals surface area contributed by atoms with E-state index in [0.717, 1.165) is 45.4 Å². The lowest BCUT2D eigenvalue weighted by Crippen LogP contribution is -2.40. The van der Waals surface area contributed by atoms with E-state index in [9.17, 15) is 9.59 Å². The summed E-state index contributed by atoms with van der Waals surface area (Å²) in [7, 11) is 0. The van der Waals surface area contributed by atoms with Gasteiger partial charge in [0, 0.05) is 40.2 Å². The smallest absolute Gasteiger partial charge is 0.232 e. The molecule has 132 valence electrons. The maximum Gasteiger partial charge on any atom is 0.232 e. The zero-order valence-corrected chi connectivity index (χ0v) is 16.3. The third-order valence-electron chi connectivity index (χ3n) is 5.31. The van der Waals surface area contributed by atoms with Crippen LogP contribution in [0.1, 0.15) is 42.7 Å². The molecule has 1 atom stereocenters. The van der Waals surface area contributed by atoms with Crippen LogP contribution in [0, 0.1) is 6.92 Å². The summed E-state index contributed by atoms with van der Waals surface area (Å²) < 4.78 is 0.924. The number of ketones is 1. The zero-order chi connectivity index (χ0) is 18.3. The standard InChI is InChI=1S/C22H20BrNO2/c1-14-6-2-3-9-17(14)18-13-21(26)24(16-8-4-7-15(23)12-16)19-10-5-11-20(25)22(18)19/h2-4,6-9,12,18H,5,10-11,13H2,1H3. The van der Waals surface area contributed by atoms with Gasteiger partial charge < -0.3 is 0 Å². The molecular weight excluding hydrogens is 390 g/mol. The summed E-state index contributed by atoms with van der Waals surface area (Å²) in [5.74, 6) is 0.117. The summed E-state index contributed by atoms with van der Waals surface area (Å²) in [6, 6.07) is 15.8. The maximum atomic E-state index is 13.1. The summed E-state index contributed by atoms with van der Waals surface area (Å²) in [6.45, 7) is 2.05. The van der Waals surface area contributed by atoms with Gasteiger partial charge in [0.05, 0.1) is 0 Å². The molecular formula is C22H20BrNO2. The van der Waals surface area contributed by atoms with Crippen LogP contribution in [0.15, 0.2) is 64.3 Å². The maximum absolute atomic E-state index is 13.1. The normalized spacial score (nSPS) is 20.4. The van der Waals surface area contributed by atoms with E-state index in [1.807, 2.05) is 49.4 Å². The molecule has 0 N–H and O–H groups in total. The van der Waals surface area contributed by atoms with Crippen LogP contribution in [-0.2, 0) is 9.59 Å². The summed E-state index contributed by atoms with van der Waals surface area (Å²) in [6.07, 6.45) is 2.47. The van der Waals surface area contributed by atoms with Crippen LogP contribution >= 0.6 is 15.9 Å². The van der Waals surface area contributed by atoms with Gasteiger partial charge in [-0.1, -0.05) is 46.3 Å². The number of amides is 1. The third kappa shape index (κ3) is 2.92. The predicted octanol–water partition coefficient (Wildman–Crippen LogP) is 5.29. The molecule has 1 unspecified atom stereocenters. The largest absolute Gasteiger partial charge is 0.294 e. The lowest BCUT2D eigenvalue weighted by atomic mass is 9.76. The van der Waals surface area contributed by atoms with Crippen molar-refractivity contribution in [1.82, 2.24) is 0 Å². The fraction of sp³-hybridized carbons (Fsp3) is 0.273. The number of carbonyl (C=O) groups excluding carboxylic acids is 2. The Bertz CT molecular complexity index is 931. The van der Waals surface area contributed by atoms with Crippen LogP contribution < -0.4 is 4.90 Å². The topological polar surface area (TPSA) is 37.4 Å². The quantitative estimate of drug-likeness (QED) is 0.675. The van der Waals surface area contributed by atoms with Gasteiger partial charge in [0.15, 0.2) is 5.78 Å². The number of rotatable bonds is 2. The van der Waals surface area contributed by atoms with Crippen molar-refractivity contribution in [2.24, 2.45) is 0 Å². The number of hydrogen-bond donors (Lipinski definition) is 0. The Balaban J connectivity index is 1.89. The summed E-state index contributed by atoms with van der Waals surface area (Å²) in [5.41, 5.74) is 4.78. The van der Waals surface area contributed by atoms with Crippen molar-refractivity contribution < 1.29 is 9.59 Å². The van der Waals surface area contributed by atoms with E-state index in [1.165, 1.54) is 0 Å². The highest BCUT2D eigenvalue weighted by Crippen LogP contribution is 2.44. The van der Waals surface area contributed by atoms with Crippen molar-refractivity contribution in [2.75, 3.05) is 4.90 Å². The molecule has 1 aliphatic heterocycles. The summed E-state index contributed by atoms with van der Waals surface area (Å²) in [5, 5.41) is 0. The average Bonchev–Trinajstić information content (AvgIpc) is 2.61. The molecule has 0 spiro atoms. The van der Waals surface area contributed by atoms with Gasteiger partial charge in [0.25, 0.3) is 0 Å². The first-order valence-corrected chi connectivity index (χ1v) is 9.76. The van der Waals surface area contributed by atoms with Crippen molar-refractivity contribution in [3.63, 3.8) is 0 Å². The fourth-order valence-corrected chi connectivity index (χ4v) is 4.54. The van der Waals surface area contributed by atoms with Crippen molar-refractivity contribution in [2.45, 2.75) is 38.5 Å². The summed E-state index contributed by atoms with van der Waals surface area (Å²) in [4.78, 5) is 27.8. The first kappa shape index (κ1) is 17.2. The molecule has 0 saturated heterocycles. The van der Waals surface area contributed by atoms with Gasteiger partial charge in [-0.2, -0.15) is 0 Å². The molecule has 0 saturated carbocycles. The van der Waals surface area contributed by atoms with Gasteiger partial charge in [0.1, 0.15) is 0 Å². The predicted molar refractivity (Wildman–Crippen MR) is 106 cm³/mol. The molecule has 3 nitrogen and oxygen atoms in total. The average molecular weight is 410 g/mol. The highest BCUT2D eigenvalue weighted by molar-refractivity contribution is 9.10. The number of halogens is 1. The van der Waals surface area contributed by atoms with Crippen molar-refractivity contribution in [1.29, 1.82) is 0 Å². The van der Waals surface area contributed by atoms with Gasteiger partial charge in [-0.05, 0) is 49.1 Å². The van der Waals surface area contributed by atoms with E-state index >= 15 is 0 Å². The Morgan fingerprint density at radius 3 is 2.62 bits per heavy atom. The SMILES string of the molecule is Cc1ccccc1C1CC(=O)N(c2cccc(Br)c2)C2=C1C(=O)CCC2. The van der Waals surface area contributed by atoms with E-state index in [0.29, 0.717) is 12.8 Å². The van der Waals surface area contributed by atoms with Crippen molar-refractivity contribution in [3.8, 4) is 0 Å². The van der Waals surface area contributed by atoms with Gasteiger partial charge in [-0.15, -0.1) is 0 Å². The molecule has 4 heteroatoms. The monoisotopic (exact) mass is 409 g/mol. The molecule has 2 aromatic carbocycles. The molecule has 0 radical (unpaired) electrons. The number of hydrogen-bond acceptors (Lipinski definition) is 2. The van der Waals surface area contributed by atoms with Gasteiger partial charge >= 0.3 is 0 Å². The second kappa shape index (κ2) is 6.84. The van der Waals surface area contributed by atoms with Gasteiger partial charge in [0.2, 0.25) is 5.91 Å². The Kier molecular flexibility index (Phi) is 4.53. The molecule has 0 bridgehead atoms. The van der Waals surface area contributed by atoms with E-state index in [-0.39, 0.29) is 17.6 Å². The molecule has 1 heterocycles. The Labute approximate surface area is 161 Å². The van der Waals surface area contributed by atoms with Crippen LogP contribution in [0.25, 0.3) is 0 Å². The second-order valence-electron chi connectivity index (χ2n) is 6.96. The van der Waals surface area contributed by atoms with Gasteiger partial charge in [-0.3, -0.25) is 14.5 Å². The minimum atomic E-state index is -0.130. The molecule has 26 heavy (non-hydrogen) atoms. The minimum absolute atomic E-state index is 0.0600. The van der Waals surface area contributed by atoms with Crippen LogP contribution in [0.5, 0.6) is 0 Å². The number of allylic oxidation sites excluding steroid dienone is 2. The highest BCUT2D eigenvalue weighted by Gasteiger charge is 2.40. The molecule has 1 amide bonds. The fourth-order valence-electron chi connectivity index (χ4n) is 4.15. The van der Waals surface area contributed by atoms with E-state index < -0.39 is 0 Å². The van der Waals surface area contributed by atoms with E-state index in [2.05, 4.69) is 22.0 Å². The lowest BCUT2D eigenvalue weighted by Gasteiger charge is -2.38. The summed E-state index contributed by atoms with van der Waals surface area (Å²) >= 11 is 3.49. The van der Waals surface area contributed by atoms with E-state index in [1.54, 1.807) is 4.90 Å². The number of carbonyl (C=O) groups is 2. The number of Topliss-reactive ketones (excluding diaryl/α,β-unsaturated/α-hetero) is 1. The number of aryl methyl sites for hydroxylation is 1. The molecule has 4 rings (SSSR count). The highest BCUT2D eigenvalue weighted by atomic mass is 79.9. The van der Waals surface area contributed by atoms with Crippen molar-refractivity contribution >= 4 is 33.3 Å². The molecule has 2 aromatic rings. The zero-order valence-electron chi connectivity index (χ0n) is 14.7. The van der Waals surface area contributed by atoms with E-state index in [4.69, 9.17) is 0 Å². The second-order valence-corrected chi connectivity index (χ2v) is 7.88. The first-order valence-electron chi connectivity index (χ1n) is 8.96. The third-order valence-corrected chi connectivity index (χ3v) is 5.80. The Morgan fingerprint density at radius 2 is 1.85 bits per heavy atom. The molecule has 0 aromatic heterocycles. The van der Waals surface area contributed by atoms with Crippen LogP contribution in [-0.4, -0.2) is 11.7 Å². The number of anilines is 1. The van der Waals surface area contributed by atoms with Crippen molar-refractivity contribution in [3.05, 3.63) is 75.4 Å². The minimum Gasteiger partial charge on any atom is -0.294 e. The molecule has 2 aliphatic rings. The number of benzene rings is 2. The van der Waals surface area contributed by atoms with Gasteiger partial charge in [-0.25, -0.2) is 0 Å². The number of nitrogens with zero attached hydrogens (tertiary/aromatic N) is 1. The lowest BCUT2D eigenvalue weighted by molar-refractivity contribution is -0.119. The Hall–Kier alpha value is -2.20. The first-order chi connectivity index (χ1) is 12.6. The molecule has 1 aliphatic carbocycles. The van der Waals surface area contributed by atoms with Crippen LogP contribution in [0.4, 0.5) is 5.69 Å². The van der Waals surface area contributed by atoms with Crippen LogP contribution in [0.2, 0.25) is 0 Å². The molecule has 0 fully saturated rings. The Morgan fingerprint density at radius 1 is 1.04 bits per heavy atom.